The van der Waals surface area contributed by atoms with E-state index in [0.717, 1.165) is 18.4 Å². The molecule has 2 heterocycles. The van der Waals surface area contributed by atoms with Crippen LogP contribution in [0.5, 0.6) is 0 Å². The molecule has 0 unspecified atom stereocenters. The van der Waals surface area contributed by atoms with Crippen LogP contribution in [0, 0.1) is 50.2 Å². The van der Waals surface area contributed by atoms with E-state index < -0.39 is 125 Å². The first-order valence-electron chi connectivity index (χ1n) is 21.6. The molecule has 4 saturated carbocycles. The molecule has 60 heavy (non-hydrogen) atoms. The van der Waals surface area contributed by atoms with Crippen LogP contribution in [0.4, 0.5) is 0 Å². The number of carbonyl (C=O) groups is 1. The highest BCUT2D eigenvalue weighted by Crippen LogP contribution is 2.76. The summed E-state index contributed by atoms with van der Waals surface area (Å²) in [6, 6.07) is 0. The lowest BCUT2D eigenvalue weighted by atomic mass is 9.33. The van der Waals surface area contributed by atoms with E-state index >= 15 is 0 Å². The minimum absolute atomic E-state index is 0.0838. The largest absolute Gasteiger partial charge is 0.432 e. The Morgan fingerprint density at radius 2 is 1.38 bits per heavy atom. The van der Waals surface area contributed by atoms with Gasteiger partial charge in [-0.3, -0.25) is 9.35 Å². The molecule has 2 aliphatic heterocycles. The molecule has 17 nitrogen and oxygen atoms in total. The third-order valence-corrected chi connectivity index (χ3v) is 17.9. The Balaban J connectivity index is 1.15. The molecular weight excluding hydrogens is 809 g/mol. The van der Waals surface area contributed by atoms with Gasteiger partial charge in [-0.1, -0.05) is 60.1 Å². The van der Waals surface area contributed by atoms with Gasteiger partial charge in [-0.15, -0.1) is 0 Å². The summed E-state index contributed by atoms with van der Waals surface area (Å²) in [7, 11) is -4.65. The first kappa shape index (κ1) is 46.6. The smallest absolute Gasteiger partial charge is 0.397 e. The lowest BCUT2D eigenvalue weighted by molar-refractivity contribution is -0.329. The van der Waals surface area contributed by atoms with Crippen LogP contribution in [0.15, 0.2) is 11.6 Å². The molecule has 0 radical (unpaired) electrons. The quantitative estimate of drug-likeness (QED) is 0.0939. The Bertz CT molecular complexity index is 1770. The van der Waals surface area contributed by atoms with E-state index in [0.29, 0.717) is 32.1 Å². The minimum Gasteiger partial charge on any atom is -0.432 e. The molecule has 0 amide bonds. The Morgan fingerprint density at radius 3 is 2.02 bits per heavy atom. The summed E-state index contributed by atoms with van der Waals surface area (Å²) >= 11 is 0. The normalized spacial score (nSPS) is 51.2. The molecule has 0 aromatic rings. The summed E-state index contributed by atoms with van der Waals surface area (Å²) in [6.45, 7) is 13.8. The minimum atomic E-state index is -4.65. The first-order valence-corrected chi connectivity index (χ1v) is 22.9. The van der Waals surface area contributed by atoms with Crippen LogP contribution in [-0.4, -0.2) is 147 Å². The number of esters is 1. The fourth-order valence-electron chi connectivity index (χ4n) is 13.8. The van der Waals surface area contributed by atoms with Crippen LogP contribution in [0.25, 0.3) is 0 Å². The lowest BCUT2D eigenvalue weighted by Crippen LogP contribution is -2.68. The topological polar surface area (TPSA) is 279 Å². The van der Waals surface area contributed by atoms with Crippen LogP contribution in [-0.2, 0) is 38.3 Å². The average molecular weight is 877 g/mol. The van der Waals surface area contributed by atoms with E-state index in [9.17, 15) is 58.6 Å². The lowest BCUT2D eigenvalue weighted by Gasteiger charge is -2.71. The van der Waals surface area contributed by atoms with Crippen molar-refractivity contribution in [2.45, 2.75) is 180 Å². The number of carbonyl (C=O) groups excluding carboxylic acids is 1. The van der Waals surface area contributed by atoms with Gasteiger partial charge in [-0.2, -0.15) is 8.42 Å². The van der Waals surface area contributed by atoms with Gasteiger partial charge in [-0.05, 0) is 103 Å². The number of fused-ring (bicyclic) bond motifs is 7. The summed E-state index contributed by atoms with van der Waals surface area (Å²) < 4.78 is 61.4. The molecule has 6 fully saturated rings. The molecule has 344 valence electrons. The molecule has 7 aliphatic rings. The molecule has 5 aliphatic carbocycles. The zero-order valence-corrected chi connectivity index (χ0v) is 36.5. The van der Waals surface area contributed by atoms with Crippen molar-refractivity contribution in [2.75, 3.05) is 13.2 Å². The molecule has 9 N–H and O–H groups in total. The first-order chi connectivity index (χ1) is 27.7. The predicted molar refractivity (Wildman–Crippen MR) is 209 cm³/mol. The summed E-state index contributed by atoms with van der Waals surface area (Å²) in [4.78, 5) is 14.9. The van der Waals surface area contributed by atoms with E-state index in [-0.39, 0.29) is 40.9 Å². The van der Waals surface area contributed by atoms with Crippen LogP contribution in [0.3, 0.4) is 0 Å². The third-order valence-electron chi connectivity index (χ3n) is 17.4. The van der Waals surface area contributed by atoms with Crippen molar-refractivity contribution in [3.8, 4) is 0 Å². The molecule has 0 spiro atoms. The third kappa shape index (κ3) is 7.24. The molecule has 19 atom stereocenters. The van der Waals surface area contributed by atoms with Crippen molar-refractivity contribution in [3.05, 3.63) is 11.6 Å². The number of hydrogen-bond donors (Lipinski definition) is 9. The second kappa shape index (κ2) is 15.7. The molecule has 0 bridgehead atoms. The zero-order chi connectivity index (χ0) is 44.3. The summed E-state index contributed by atoms with van der Waals surface area (Å²) in [5, 5.41) is 85.8. The molecule has 2 saturated heterocycles. The van der Waals surface area contributed by atoms with Gasteiger partial charge < -0.3 is 59.8 Å². The summed E-state index contributed by atoms with van der Waals surface area (Å²) in [5.74, 6) is -1.03. The van der Waals surface area contributed by atoms with Crippen LogP contribution >= 0.6 is 0 Å². The van der Waals surface area contributed by atoms with Gasteiger partial charge in [0.25, 0.3) is 0 Å². The number of hydrogen-bond acceptors (Lipinski definition) is 16. The maximum atomic E-state index is 14.9. The van der Waals surface area contributed by atoms with E-state index in [1.54, 1.807) is 0 Å². The van der Waals surface area contributed by atoms with E-state index in [4.69, 9.17) is 23.1 Å². The monoisotopic (exact) mass is 876 g/mol. The van der Waals surface area contributed by atoms with Gasteiger partial charge >= 0.3 is 16.4 Å². The molecular formula is C42H68O17S. The second-order valence-corrected chi connectivity index (χ2v) is 22.3. The number of allylic oxidation sites excluding steroid dienone is 2. The Hall–Kier alpha value is -1.36. The van der Waals surface area contributed by atoms with Crippen molar-refractivity contribution < 1.29 is 81.7 Å². The second-order valence-electron chi connectivity index (χ2n) is 21.3. The standard InChI is InChI=1S/C42H68O17S/c1-37(2)14-15-42(36(51)58-35-33(50)31(48)29(46)23(57-35)19-55-34-32(49)30(47)28(45)22(18-43)56-34)21(16-37)20-8-9-25-39(5)12-11-27(59-60(52,53)54)38(3,4)24(39)10-13-40(25,6)41(20,7)17-26(42)44/h8,21-35,43-50H,9-19H2,1-7H3,(H,52,53,54)/t21-,22+,23+,24-,25+,26+,27-,28+,29+,30-,31-,32+,33+,34+,35-,39-,40+,41+,42+/m0/s1. The SMILES string of the molecule is CC1(C)CC[C@]2(C(=O)O[C@@H]3O[C@H](CO[C@@H]4O[C@H](CO)[C@@H](O)[C@H](O)[C@H]4O)[C@@H](O)[C@H](O)[C@H]3O)[C@H](O)C[C@]3(C)C(=CC[C@@H]4[C@@]5(C)CC[C@H](OS(=O)(=O)O)C(C)(C)[C@@H]5CC[C@]43C)[C@@H]2C1. The highest BCUT2D eigenvalue weighted by molar-refractivity contribution is 7.80. The maximum Gasteiger partial charge on any atom is 0.397 e. The van der Waals surface area contributed by atoms with Gasteiger partial charge in [0.1, 0.15) is 54.2 Å². The maximum absolute atomic E-state index is 14.9. The number of rotatable bonds is 8. The van der Waals surface area contributed by atoms with Crippen molar-refractivity contribution >= 4 is 16.4 Å². The van der Waals surface area contributed by atoms with Crippen molar-refractivity contribution in [1.82, 2.24) is 0 Å². The highest BCUT2D eigenvalue weighted by Gasteiger charge is 2.72. The zero-order valence-electron chi connectivity index (χ0n) is 35.7. The van der Waals surface area contributed by atoms with E-state index in [2.05, 4.69) is 40.7 Å². The van der Waals surface area contributed by atoms with Gasteiger partial charge in [0.2, 0.25) is 6.29 Å². The Morgan fingerprint density at radius 1 is 0.767 bits per heavy atom. The van der Waals surface area contributed by atoms with Gasteiger partial charge in [0.15, 0.2) is 6.29 Å². The summed E-state index contributed by atoms with van der Waals surface area (Å²) in [5.41, 5.74) is -2.23. The van der Waals surface area contributed by atoms with Gasteiger partial charge in [0, 0.05) is 0 Å². The Labute approximate surface area is 352 Å². The molecule has 0 aromatic heterocycles. The fourth-order valence-corrected chi connectivity index (χ4v) is 14.4. The van der Waals surface area contributed by atoms with Crippen LogP contribution in [0.2, 0.25) is 0 Å². The molecule has 7 rings (SSSR count). The number of aliphatic hydroxyl groups is 8. The predicted octanol–water partition coefficient (Wildman–Crippen LogP) is 1.11. The number of ether oxygens (including phenoxy) is 4. The van der Waals surface area contributed by atoms with Crippen molar-refractivity contribution in [2.24, 2.45) is 50.2 Å². The van der Waals surface area contributed by atoms with Gasteiger partial charge in [-0.25, -0.2) is 4.18 Å². The number of aliphatic hydroxyl groups excluding tert-OH is 8. The Kier molecular flexibility index (Phi) is 12.2. The van der Waals surface area contributed by atoms with Gasteiger partial charge in [0.05, 0.1) is 25.4 Å². The summed E-state index contributed by atoms with van der Waals surface area (Å²) in [6.07, 6.45) is -11.2. The van der Waals surface area contributed by atoms with E-state index in [1.165, 1.54) is 0 Å². The van der Waals surface area contributed by atoms with Crippen molar-refractivity contribution in [1.29, 1.82) is 0 Å². The van der Waals surface area contributed by atoms with Crippen LogP contribution in [0.1, 0.15) is 106 Å². The fraction of sp³-hybridized carbons (Fsp3) is 0.929. The molecule has 18 heteroatoms. The average Bonchev–Trinajstić information content (AvgIpc) is 3.15. The molecule has 0 aromatic carbocycles. The van der Waals surface area contributed by atoms with E-state index in [1.807, 2.05) is 13.8 Å². The van der Waals surface area contributed by atoms with Crippen molar-refractivity contribution in [3.63, 3.8) is 0 Å². The van der Waals surface area contributed by atoms with Crippen LogP contribution < -0.4 is 0 Å². The highest BCUT2D eigenvalue weighted by atomic mass is 32.3.